The number of aliphatic imine (C=N–C) groups is 1. The number of amides is 1. The molecule has 0 atom stereocenters. The average molecular weight is 539 g/mol. The summed E-state index contributed by atoms with van der Waals surface area (Å²) in [6, 6.07) is 12.2. The van der Waals surface area contributed by atoms with Crippen LogP contribution in [0.15, 0.2) is 53.8 Å². The Balaban J connectivity index is 0.00000480. The summed E-state index contributed by atoms with van der Waals surface area (Å²) in [5, 5.41) is 6.62. The third-order valence-electron chi connectivity index (χ3n) is 4.26. The highest BCUT2D eigenvalue weighted by molar-refractivity contribution is 14.0. The highest BCUT2D eigenvalue weighted by Gasteiger charge is 2.19. The molecule has 1 amide bonds. The van der Waals surface area contributed by atoms with Gasteiger partial charge in [0.1, 0.15) is 5.60 Å². The van der Waals surface area contributed by atoms with Crippen LogP contribution in [0, 0.1) is 0 Å². The van der Waals surface area contributed by atoms with E-state index < -0.39 is 5.60 Å². The van der Waals surface area contributed by atoms with E-state index in [-0.39, 0.29) is 30.1 Å². The minimum absolute atomic E-state index is 0. The first-order valence-electron chi connectivity index (χ1n) is 10.1. The fourth-order valence-electron chi connectivity index (χ4n) is 2.72. The molecule has 2 aromatic rings. The van der Waals surface area contributed by atoms with E-state index in [2.05, 4.69) is 26.7 Å². The second-order valence-electron chi connectivity index (χ2n) is 8.12. The normalized spacial score (nSPS) is 11.3. The van der Waals surface area contributed by atoms with Gasteiger partial charge >= 0.3 is 6.09 Å². The molecule has 1 aromatic carbocycles. The molecule has 0 bridgehead atoms. The maximum atomic E-state index is 12.1. The number of hydrogen-bond donors (Lipinski definition) is 2. The van der Waals surface area contributed by atoms with Gasteiger partial charge in [-0.15, -0.1) is 24.0 Å². The highest BCUT2D eigenvalue weighted by Crippen LogP contribution is 2.12. The summed E-state index contributed by atoms with van der Waals surface area (Å²) in [7, 11) is 3.50. The molecule has 2 rings (SSSR count). The predicted octanol–water partition coefficient (Wildman–Crippen LogP) is 3.97. The molecule has 0 saturated heterocycles. The standard InChI is InChI=1S/C23H33N5O2.HI/c1-23(2,3)30-22(29)28(5)17-20-10-8-19(9-11-20)16-27-21(24-4)26-14-12-18-7-6-13-25-15-18;/h6-11,13,15H,12,14,16-17H2,1-5H3,(H2,24,26,27);1H. The Kier molecular flexibility index (Phi) is 11.3. The van der Waals surface area contributed by atoms with Gasteiger partial charge in [-0.05, 0) is 49.9 Å². The van der Waals surface area contributed by atoms with Gasteiger partial charge in [-0.1, -0.05) is 30.3 Å². The number of nitrogens with zero attached hydrogens (tertiary/aromatic N) is 3. The van der Waals surface area contributed by atoms with Crippen molar-refractivity contribution in [2.75, 3.05) is 20.6 Å². The van der Waals surface area contributed by atoms with Crippen LogP contribution in [0.1, 0.15) is 37.5 Å². The Bertz CT molecular complexity index is 820. The number of carbonyl (C=O) groups is 1. The number of halogens is 1. The summed E-state index contributed by atoms with van der Waals surface area (Å²) in [4.78, 5) is 22.1. The van der Waals surface area contributed by atoms with Crippen LogP contribution in [0.25, 0.3) is 0 Å². The molecule has 0 saturated carbocycles. The van der Waals surface area contributed by atoms with Crippen LogP contribution in [0.3, 0.4) is 0 Å². The lowest BCUT2D eigenvalue weighted by atomic mass is 10.1. The molecule has 0 aliphatic heterocycles. The van der Waals surface area contributed by atoms with E-state index in [0.29, 0.717) is 13.1 Å². The highest BCUT2D eigenvalue weighted by atomic mass is 127. The molecular formula is C23H34IN5O2. The minimum Gasteiger partial charge on any atom is -0.444 e. The van der Waals surface area contributed by atoms with Crippen molar-refractivity contribution in [1.82, 2.24) is 20.5 Å². The number of guanidine groups is 1. The SMILES string of the molecule is CN=C(NCCc1cccnc1)NCc1ccc(CN(C)C(=O)OC(C)(C)C)cc1.I. The number of hydrogen-bond acceptors (Lipinski definition) is 4. The van der Waals surface area contributed by atoms with Crippen LogP contribution in [0.5, 0.6) is 0 Å². The molecule has 0 aliphatic rings. The summed E-state index contributed by atoms with van der Waals surface area (Å²) in [6.45, 7) is 7.53. The van der Waals surface area contributed by atoms with Gasteiger partial charge in [0.05, 0.1) is 0 Å². The van der Waals surface area contributed by atoms with Crippen molar-refractivity contribution in [3.8, 4) is 0 Å². The number of pyridine rings is 1. The number of ether oxygens (including phenoxy) is 1. The average Bonchev–Trinajstić information content (AvgIpc) is 2.71. The Morgan fingerprint density at radius 1 is 1.10 bits per heavy atom. The van der Waals surface area contributed by atoms with Gasteiger partial charge < -0.3 is 20.3 Å². The van der Waals surface area contributed by atoms with Crippen LogP contribution in [0.2, 0.25) is 0 Å². The van der Waals surface area contributed by atoms with Gasteiger partial charge in [0.2, 0.25) is 0 Å². The molecule has 1 heterocycles. The lowest BCUT2D eigenvalue weighted by molar-refractivity contribution is 0.0285. The molecule has 0 unspecified atom stereocenters. The maximum absolute atomic E-state index is 12.1. The smallest absolute Gasteiger partial charge is 0.410 e. The van der Waals surface area contributed by atoms with Gasteiger partial charge in [-0.3, -0.25) is 9.98 Å². The summed E-state index contributed by atoms with van der Waals surface area (Å²) in [5.41, 5.74) is 2.87. The second-order valence-corrected chi connectivity index (χ2v) is 8.12. The lowest BCUT2D eigenvalue weighted by Gasteiger charge is -2.24. The fourth-order valence-corrected chi connectivity index (χ4v) is 2.72. The summed E-state index contributed by atoms with van der Waals surface area (Å²) in [6.07, 6.45) is 4.21. The summed E-state index contributed by atoms with van der Waals surface area (Å²) >= 11 is 0. The van der Waals surface area contributed by atoms with E-state index in [1.165, 1.54) is 5.56 Å². The van der Waals surface area contributed by atoms with E-state index in [1.54, 1.807) is 25.2 Å². The Hall–Kier alpha value is -2.36. The summed E-state index contributed by atoms with van der Waals surface area (Å²) in [5.74, 6) is 0.757. The Labute approximate surface area is 202 Å². The van der Waals surface area contributed by atoms with Crippen molar-refractivity contribution < 1.29 is 9.53 Å². The van der Waals surface area contributed by atoms with E-state index in [1.807, 2.05) is 57.3 Å². The van der Waals surface area contributed by atoms with Gasteiger partial charge in [-0.25, -0.2) is 4.79 Å². The number of aromatic nitrogens is 1. The molecule has 0 aliphatic carbocycles. The predicted molar refractivity (Wildman–Crippen MR) is 136 cm³/mol. The quantitative estimate of drug-likeness (QED) is 0.316. The number of benzene rings is 1. The summed E-state index contributed by atoms with van der Waals surface area (Å²) < 4.78 is 5.39. The molecule has 1 aromatic heterocycles. The molecule has 0 fully saturated rings. The van der Waals surface area contributed by atoms with Gasteiger partial charge in [0, 0.05) is 46.1 Å². The van der Waals surface area contributed by atoms with E-state index in [0.717, 1.165) is 30.1 Å². The van der Waals surface area contributed by atoms with Crippen LogP contribution in [0.4, 0.5) is 4.79 Å². The van der Waals surface area contributed by atoms with Gasteiger partial charge in [0.25, 0.3) is 0 Å². The van der Waals surface area contributed by atoms with E-state index in [9.17, 15) is 4.79 Å². The van der Waals surface area contributed by atoms with Crippen LogP contribution >= 0.6 is 24.0 Å². The first kappa shape index (κ1) is 26.7. The fraction of sp³-hybridized carbons (Fsp3) is 0.435. The third-order valence-corrected chi connectivity index (χ3v) is 4.26. The van der Waals surface area contributed by atoms with E-state index >= 15 is 0 Å². The maximum Gasteiger partial charge on any atom is 0.410 e. The molecule has 2 N–H and O–H groups in total. The van der Waals surface area contributed by atoms with Crippen molar-refractivity contribution >= 4 is 36.0 Å². The molecule has 0 spiro atoms. The topological polar surface area (TPSA) is 78.9 Å². The number of carbonyl (C=O) groups excluding carboxylic acids is 1. The largest absolute Gasteiger partial charge is 0.444 e. The Morgan fingerprint density at radius 3 is 2.35 bits per heavy atom. The molecule has 7 nitrogen and oxygen atoms in total. The van der Waals surface area contributed by atoms with E-state index in [4.69, 9.17) is 4.74 Å². The molecule has 8 heteroatoms. The first-order valence-corrected chi connectivity index (χ1v) is 10.1. The zero-order valence-corrected chi connectivity index (χ0v) is 21.3. The van der Waals surface area contributed by atoms with Crippen molar-refractivity contribution in [3.63, 3.8) is 0 Å². The van der Waals surface area contributed by atoms with Crippen molar-refractivity contribution in [2.45, 2.75) is 45.9 Å². The molecule has 0 radical (unpaired) electrons. The van der Waals surface area contributed by atoms with Crippen molar-refractivity contribution in [2.24, 2.45) is 4.99 Å². The minimum atomic E-state index is -0.495. The zero-order chi connectivity index (χ0) is 22.0. The second kappa shape index (κ2) is 13.1. The molecule has 170 valence electrons. The first-order chi connectivity index (χ1) is 14.3. The molecular weight excluding hydrogens is 505 g/mol. The lowest BCUT2D eigenvalue weighted by Crippen LogP contribution is -2.37. The van der Waals surface area contributed by atoms with Crippen LogP contribution in [-0.4, -0.2) is 48.2 Å². The van der Waals surface area contributed by atoms with Crippen LogP contribution in [-0.2, 0) is 24.2 Å². The van der Waals surface area contributed by atoms with Crippen LogP contribution < -0.4 is 10.6 Å². The monoisotopic (exact) mass is 539 g/mol. The number of rotatable bonds is 7. The number of nitrogens with one attached hydrogen (secondary N) is 2. The van der Waals surface area contributed by atoms with Crippen molar-refractivity contribution in [1.29, 1.82) is 0 Å². The van der Waals surface area contributed by atoms with Gasteiger partial charge in [0.15, 0.2) is 5.96 Å². The van der Waals surface area contributed by atoms with Crippen molar-refractivity contribution in [3.05, 3.63) is 65.5 Å². The Morgan fingerprint density at radius 2 is 1.77 bits per heavy atom. The molecule has 31 heavy (non-hydrogen) atoms. The zero-order valence-electron chi connectivity index (χ0n) is 19.0. The van der Waals surface area contributed by atoms with Gasteiger partial charge in [-0.2, -0.15) is 0 Å². The third kappa shape index (κ3) is 10.5.